The third-order valence-electron chi connectivity index (χ3n) is 16.0. The number of H-pyrrole nitrogens is 1. The SMILES string of the molecule is Cc1ncsc1-c1ccc([C@H](C)NC(=O)[C@@H]2C[C@@H](O)CN2C(=O)[C@@H](NC(=O)CCCc2cccc(NC(=O)[C@H](CCC(N)=O)NC(=O)[C@@H]3Cc4cccc5c4N3C(=O)[C@@H](NC(=O)c3cc4cc(C(=O)P(=O)(O)O)ccc4[nH]3)CC5)c2Cl)C(C)(C)C)cc1. The number of nitrogens with two attached hydrogens (primary N) is 1. The molecule has 6 aromatic rings. The number of carbonyl (C=O) groups is 9. The summed E-state index contributed by atoms with van der Waals surface area (Å²) < 4.78 is 11.6. The van der Waals surface area contributed by atoms with Gasteiger partial charge >= 0.3 is 7.60 Å². The molecule has 3 aliphatic heterocycles. The third kappa shape index (κ3) is 14.3. The molecule has 5 heterocycles. The highest BCUT2D eigenvalue weighted by Gasteiger charge is 2.47. The summed E-state index contributed by atoms with van der Waals surface area (Å²) in [6.07, 6.45) is -0.493. The number of aromatic amines is 1. The van der Waals surface area contributed by atoms with E-state index < -0.39 is 108 Å². The number of benzene rings is 4. The zero-order valence-corrected chi connectivity index (χ0v) is 50.8. The summed E-state index contributed by atoms with van der Waals surface area (Å²) in [7, 11) is -5.08. The number of rotatable bonds is 21. The van der Waals surface area contributed by atoms with Crippen LogP contribution in [0.2, 0.25) is 5.02 Å². The molecule has 0 aliphatic carbocycles. The van der Waals surface area contributed by atoms with Gasteiger partial charge in [-0.3, -0.25) is 52.6 Å². The van der Waals surface area contributed by atoms with Gasteiger partial charge < -0.3 is 57.1 Å². The number of carbonyl (C=O) groups excluding carboxylic acids is 9. The second kappa shape index (κ2) is 26.1. The van der Waals surface area contributed by atoms with Gasteiger partial charge in [-0.15, -0.1) is 11.3 Å². The molecule has 2 aromatic heterocycles. The van der Waals surface area contributed by atoms with Crippen molar-refractivity contribution in [2.75, 3.05) is 16.8 Å². The van der Waals surface area contributed by atoms with Crippen molar-refractivity contribution >= 4 is 106 Å². The number of hydrogen-bond donors (Lipinski definition) is 10. The Morgan fingerprint density at radius 3 is 2.31 bits per heavy atom. The Morgan fingerprint density at radius 1 is 0.908 bits per heavy atom. The number of aliphatic hydroxyl groups excluding tert-OH is 1. The minimum absolute atomic E-state index is 0.0140. The average Bonchev–Trinajstić information content (AvgIpc) is 1.70. The smallest absolute Gasteiger partial charge is 0.391 e. The van der Waals surface area contributed by atoms with E-state index >= 15 is 0 Å². The predicted octanol–water partition coefficient (Wildman–Crippen LogP) is 5.66. The molecule has 0 spiro atoms. The van der Waals surface area contributed by atoms with E-state index in [1.165, 1.54) is 40.1 Å². The molecule has 9 rings (SSSR count). The maximum atomic E-state index is 14.6. The lowest BCUT2D eigenvalue weighted by atomic mass is 9.85. The molecule has 0 bridgehead atoms. The Balaban J connectivity index is 0.816. The number of thiazole rings is 1. The molecule has 87 heavy (non-hydrogen) atoms. The number of amides is 8. The van der Waals surface area contributed by atoms with Crippen LogP contribution in [-0.2, 0) is 57.4 Å². The summed E-state index contributed by atoms with van der Waals surface area (Å²) in [6, 6.07) is 17.1. The van der Waals surface area contributed by atoms with Gasteiger partial charge in [0.1, 0.15) is 35.9 Å². The number of aromatic nitrogens is 2. The molecule has 4 aromatic carbocycles. The molecule has 0 unspecified atom stereocenters. The average molecular weight is 1250 g/mol. The topological polar surface area (TPSA) is 353 Å². The van der Waals surface area contributed by atoms with E-state index in [1.807, 2.05) is 44.2 Å². The van der Waals surface area contributed by atoms with Crippen LogP contribution in [0.4, 0.5) is 11.4 Å². The van der Waals surface area contributed by atoms with Gasteiger partial charge in [0.05, 0.1) is 44.6 Å². The van der Waals surface area contributed by atoms with Gasteiger partial charge in [0.2, 0.25) is 41.4 Å². The molecule has 0 saturated carbocycles. The zero-order valence-electron chi connectivity index (χ0n) is 48.3. The number of fused-ring (bicyclic) bond motifs is 1. The van der Waals surface area contributed by atoms with Crippen molar-refractivity contribution in [2.45, 2.75) is 135 Å². The second-order valence-corrected chi connectivity index (χ2v) is 26.0. The molecule has 458 valence electrons. The Hall–Kier alpha value is -8.12. The van der Waals surface area contributed by atoms with E-state index in [1.54, 1.807) is 61.9 Å². The number of β-amino-alcohol motifs (C(OH)–C–C–N with tert-alkyl or cyclic N) is 1. The molecule has 1 saturated heterocycles. The Morgan fingerprint density at radius 2 is 1.62 bits per heavy atom. The Kier molecular flexibility index (Phi) is 19.0. The number of para-hydroxylation sites is 1. The van der Waals surface area contributed by atoms with Crippen molar-refractivity contribution < 1.29 is 62.6 Å². The molecule has 26 heteroatoms. The van der Waals surface area contributed by atoms with E-state index in [-0.39, 0.29) is 79.9 Å². The van der Waals surface area contributed by atoms with Crippen LogP contribution in [0, 0.1) is 12.3 Å². The van der Waals surface area contributed by atoms with Gasteiger partial charge in [-0.1, -0.05) is 87.0 Å². The van der Waals surface area contributed by atoms with Crippen molar-refractivity contribution in [3.05, 3.63) is 135 Å². The number of aliphatic hydroxyl groups is 1. The van der Waals surface area contributed by atoms with Crippen LogP contribution in [0.3, 0.4) is 0 Å². The number of nitrogens with zero attached hydrogens (tertiary/aromatic N) is 3. The van der Waals surface area contributed by atoms with E-state index in [0.29, 0.717) is 34.1 Å². The van der Waals surface area contributed by atoms with Gasteiger partial charge in [0.25, 0.3) is 11.4 Å². The van der Waals surface area contributed by atoms with Crippen LogP contribution in [0.15, 0.2) is 90.4 Å². The van der Waals surface area contributed by atoms with Gasteiger partial charge in [-0.05, 0) is 110 Å². The highest BCUT2D eigenvalue weighted by atomic mass is 35.5. The fourth-order valence-electron chi connectivity index (χ4n) is 11.4. The van der Waals surface area contributed by atoms with Gasteiger partial charge in [0.15, 0.2) is 0 Å². The molecule has 3 aliphatic rings. The highest BCUT2D eigenvalue weighted by Crippen LogP contribution is 2.41. The molecule has 7 atom stereocenters. The number of likely N-dealkylation sites (tertiary alicyclic amines) is 1. The van der Waals surface area contributed by atoms with Crippen LogP contribution in [0.5, 0.6) is 0 Å². The predicted molar refractivity (Wildman–Crippen MR) is 325 cm³/mol. The molecular formula is C61H68ClN10O13PS. The van der Waals surface area contributed by atoms with Crippen LogP contribution in [-0.4, -0.2) is 125 Å². The summed E-state index contributed by atoms with van der Waals surface area (Å²) in [6.45, 7) is 9.06. The van der Waals surface area contributed by atoms with Crippen molar-refractivity contribution in [2.24, 2.45) is 11.1 Å². The number of anilines is 2. The van der Waals surface area contributed by atoms with E-state index in [2.05, 4.69) is 36.6 Å². The van der Waals surface area contributed by atoms with Crippen LogP contribution >= 0.6 is 30.5 Å². The maximum absolute atomic E-state index is 14.6. The summed E-state index contributed by atoms with van der Waals surface area (Å²) in [5.41, 5.74) is 10.6. The number of aryl methyl sites for hydroxylation is 3. The largest absolute Gasteiger partial charge is 0.396 e. The Bertz CT molecular complexity index is 3770. The van der Waals surface area contributed by atoms with Crippen molar-refractivity contribution in [3.63, 3.8) is 0 Å². The first-order valence-corrected chi connectivity index (χ1v) is 31.3. The number of nitrogens with one attached hydrogen (secondary N) is 6. The first-order chi connectivity index (χ1) is 41.2. The maximum Gasteiger partial charge on any atom is 0.396 e. The molecule has 11 N–H and O–H groups in total. The number of primary amides is 1. The first kappa shape index (κ1) is 63.4. The number of halogens is 1. The highest BCUT2D eigenvalue weighted by molar-refractivity contribution is 7.70. The molecular weight excluding hydrogens is 1180 g/mol. The van der Waals surface area contributed by atoms with Crippen LogP contribution < -0.4 is 37.2 Å². The first-order valence-electron chi connectivity index (χ1n) is 28.4. The molecule has 23 nitrogen and oxygen atoms in total. The number of hydrogen-bond acceptors (Lipinski definition) is 13. The normalized spacial score (nSPS) is 18.5. The van der Waals surface area contributed by atoms with Gasteiger partial charge in [0, 0.05) is 48.7 Å². The van der Waals surface area contributed by atoms with E-state index in [4.69, 9.17) is 17.3 Å². The lowest BCUT2D eigenvalue weighted by molar-refractivity contribution is -0.144. The lowest BCUT2D eigenvalue weighted by Crippen LogP contribution is -2.57. The second-order valence-electron chi connectivity index (χ2n) is 23.3. The van der Waals surface area contributed by atoms with Crippen LogP contribution in [0.1, 0.15) is 121 Å². The van der Waals surface area contributed by atoms with Crippen molar-refractivity contribution in [1.82, 2.24) is 36.1 Å². The minimum Gasteiger partial charge on any atom is -0.391 e. The molecule has 8 amide bonds. The van der Waals surface area contributed by atoms with Gasteiger partial charge in [-0.2, -0.15) is 0 Å². The van der Waals surface area contributed by atoms with E-state index in [0.717, 1.165) is 27.3 Å². The molecule has 0 radical (unpaired) electrons. The van der Waals surface area contributed by atoms with E-state index in [9.17, 15) is 62.6 Å². The Labute approximate surface area is 509 Å². The van der Waals surface area contributed by atoms with Gasteiger partial charge in [-0.25, -0.2) is 4.98 Å². The summed E-state index contributed by atoms with van der Waals surface area (Å²) in [5, 5.41) is 25.3. The lowest BCUT2D eigenvalue weighted by Gasteiger charge is -2.35. The summed E-state index contributed by atoms with van der Waals surface area (Å²) in [5.74, 6) is -4.95. The monoisotopic (exact) mass is 1250 g/mol. The molecule has 1 fully saturated rings. The fourth-order valence-corrected chi connectivity index (χ4v) is 12.9. The summed E-state index contributed by atoms with van der Waals surface area (Å²) >= 11 is 8.44. The minimum atomic E-state index is -5.08. The standard InChI is InChI=1S/C61H68ClN10O13PS/c1-31(33-15-17-36(18-16-33)52-32(2)64-30-87-52)65-56(78)46-28-40(73)29-71(46)59(81)53(61(3,4)5)70-49(75)14-8-10-34-9-7-13-42(50(34)62)67-54(76)43(23-24-48(63)74)68-57(79)47-27-37-12-6-11-35-19-22-44(58(80)72(47)51(35)37)69-55(77)45-26-39-25-38(20-21-41(39)66-45)60(82)86(83,84)85/h6-7,9,11-13,15-18,20-21,25-26,30-31,40,43-44,46-47,53,66,73H,8,10,14,19,22-24,27-29H2,1-5H3,(H2,63,74)(H,65,78)(H,67,76)(H,68,79)(H,69,77)(H,70,75)(H2,83,84,85)/t31-,40+,43-,44-,46-,47-,53+/m0/s1. The summed E-state index contributed by atoms with van der Waals surface area (Å²) in [4.78, 5) is 153. The van der Waals surface area contributed by atoms with Crippen molar-refractivity contribution in [3.8, 4) is 10.4 Å². The third-order valence-corrected chi connectivity index (χ3v) is 18.2. The zero-order chi connectivity index (χ0) is 62.8. The van der Waals surface area contributed by atoms with Crippen molar-refractivity contribution in [1.29, 1.82) is 0 Å². The van der Waals surface area contributed by atoms with Crippen LogP contribution in [0.25, 0.3) is 21.3 Å². The fraction of sp³-hybridized carbons (Fsp3) is 0.377. The quantitative estimate of drug-likeness (QED) is 0.0389.